The van der Waals surface area contributed by atoms with E-state index >= 15 is 0 Å². The first-order valence-corrected chi connectivity index (χ1v) is 10.6. The SMILES string of the molecule is OCC1O[C@@H](O[C@@H]2C(O)[C@H](O[C@@H]3C(CO)OC(O)C(O)[C@H]3O)OC(CO)[C@H]2O)C(O)[C@@H](O)[C@@H]1O. The molecule has 3 aliphatic heterocycles. The zero-order valence-corrected chi connectivity index (χ0v) is 17.7. The summed E-state index contributed by atoms with van der Waals surface area (Å²) in [4.78, 5) is 0. The molecule has 16 nitrogen and oxygen atoms in total. The minimum atomic E-state index is -1.90. The van der Waals surface area contributed by atoms with E-state index in [0.29, 0.717) is 0 Å². The molecule has 3 rings (SSSR count). The quantitative estimate of drug-likeness (QED) is 0.154. The number of hydrogen-bond donors (Lipinski definition) is 11. The van der Waals surface area contributed by atoms with Crippen molar-refractivity contribution in [2.75, 3.05) is 19.8 Å². The first-order chi connectivity index (χ1) is 16.0. The van der Waals surface area contributed by atoms with E-state index < -0.39 is 112 Å². The van der Waals surface area contributed by atoms with Crippen molar-refractivity contribution in [3.63, 3.8) is 0 Å². The van der Waals surface area contributed by atoms with Crippen LogP contribution < -0.4 is 0 Å². The van der Waals surface area contributed by atoms with E-state index in [1.165, 1.54) is 0 Å². The number of aliphatic hydroxyl groups is 11. The molecule has 0 aromatic rings. The normalized spacial score (nSPS) is 52.5. The van der Waals surface area contributed by atoms with Crippen molar-refractivity contribution >= 4 is 0 Å². The summed E-state index contributed by atoms with van der Waals surface area (Å²) >= 11 is 0. The molecule has 0 aromatic heterocycles. The molecule has 0 aromatic carbocycles. The lowest BCUT2D eigenvalue weighted by molar-refractivity contribution is -0.378. The predicted octanol–water partition coefficient (Wildman–Crippen LogP) is -7.57. The predicted molar refractivity (Wildman–Crippen MR) is 101 cm³/mol. The first kappa shape index (κ1) is 27.9. The fraction of sp³-hybridized carbons (Fsp3) is 1.00. The summed E-state index contributed by atoms with van der Waals surface area (Å²) in [6.45, 7) is -2.34. The molecule has 3 heterocycles. The highest BCUT2D eigenvalue weighted by Gasteiger charge is 2.53. The Balaban J connectivity index is 1.78. The molecule has 11 N–H and O–H groups in total. The van der Waals surface area contributed by atoms with Gasteiger partial charge in [0.15, 0.2) is 18.9 Å². The van der Waals surface area contributed by atoms with E-state index in [1.54, 1.807) is 0 Å². The van der Waals surface area contributed by atoms with Crippen LogP contribution in [0.1, 0.15) is 0 Å². The van der Waals surface area contributed by atoms with Crippen LogP contribution in [0.4, 0.5) is 0 Å². The Hall–Kier alpha value is -0.640. The standard InChI is InChI=1S/C18H32O16/c19-1-4-7(22)9(24)12(27)17(31-4)34-15-8(23)5(2-20)32-18(13(15)28)33-14-6(3-21)30-16(29)11(26)10(14)25/h4-29H,1-3H2/t4?,5?,6?,7-,8-,9+,10-,11?,12?,13?,14-,15+,16?,17+,18+/m1/s1. The van der Waals surface area contributed by atoms with Crippen LogP contribution in [0.3, 0.4) is 0 Å². The molecule has 34 heavy (non-hydrogen) atoms. The summed E-state index contributed by atoms with van der Waals surface area (Å²) in [5.74, 6) is 0. The maximum absolute atomic E-state index is 10.8. The minimum absolute atomic E-state index is 0.759. The second kappa shape index (κ2) is 11.6. The van der Waals surface area contributed by atoms with Gasteiger partial charge in [0.2, 0.25) is 0 Å². The molecular weight excluding hydrogens is 472 g/mol. The lowest BCUT2D eigenvalue weighted by Gasteiger charge is -2.47. The van der Waals surface area contributed by atoms with Crippen molar-refractivity contribution < 1.29 is 79.9 Å². The van der Waals surface area contributed by atoms with E-state index in [2.05, 4.69) is 0 Å². The fourth-order valence-corrected chi connectivity index (χ4v) is 4.05. The van der Waals surface area contributed by atoms with Gasteiger partial charge in [0.05, 0.1) is 19.8 Å². The molecule has 7 unspecified atom stereocenters. The second-order valence-electron chi connectivity index (χ2n) is 8.33. The maximum atomic E-state index is 10.8. The van der Waals surface area contributed by atoms with E-state index in [-0.39, 0.29) is 0 Å². The lowest BCUT2D eigenvalue weighted by Crippen LogP contribution is -2.66. The highest BCUT2D eigenvalue weighted by molar-refractivity contribution is 4.96. The van der Waals surface area contributed by atoms with Gasteiger partial charge >= 0.3 is 0 Å². The van der Waals surface area contributed by atoms with Crippen molar-refractivity contribution in [2.24, 2.45) is 0 Å². The first-order valence-electron chi connectivity index (χ1n) is 10.6. The van der Waals surface area contributed by atoms with Gasteiger partial charge in [-0.1, -0.05) is 0 Å². The summed E-state index contributed by atoms with van der Waals surface area (Å²) in [5.41, 5.74) is 0. The Morgan fingerprint density at radius 2 is 0.941 bits per heavy atom. The third-order valence-corrected chi connectivity index (χ3v) is 6.09. The van der Waals surface area contributed by atoms with Crippen LogP contribution in [0.5, 0.6) is 0 Å². The zero-order chi connectivity index (χ0) is 25.3. The molecule has 200 valence electrons. The average molecular weight is 504 g/mol. The van der Waals surface area contributed by atoms with Crippen LogP contribution in [0.2, 0.25) is 0 Å². The van der Waals surface area contributed by atoms with Gasteiger partial charge in [-0.2, -0.15) is 0 Å². The van der Waals surface area contributed by atoms with Gasteiger partial charge in [0.25, 0.3) is 0 Å². The molecule has 3 fully saturated rings. The Bertz CT molecular complexity index is 637. The maximum Gasteiger partial charge on any atom is 0.187 e. The van der Waals surface area contributed by atoms with E-state index in [9.17, 15) is 56.2 Å². The Kier molecular flexibility index (Phi) is 9.54. The van der Waals surface area contributed by atoms with Crippen LogP contribution in [0, 0.1) is 0 Å². The third kappa shape index (κ3) is 5.37. The Labute approximate surface area is 192 Å². The molecule has 0 radical (unpaired) electrons. The monoisotopic (exact) mass is 504 g/mol. The van der Waals surface area contributed by atoms with Gasteiger partial charge in [-0.15, -0.1) is 0 Å². The van der Waals surface area contributed by atoms with E-state index in [1.807, 2.05) is 0 Å². The second-order valence-corrected chi connectivity index (χ2v) is 8.33. The molecule has 3 aliphatic rings. The Morgan fingerprint density at radius 3 is 1.50 bits per heavy atom. The van der Waals surface area contributed by atoms with Gasteiger partial charge in [-0.3, -0.25) is 0 Å². The number of ether oxygens (including phenoxy) is 5. The van der Waals surface area contributed by atoms with E-state index in [4.69, 9.17) is 23.7 Å². The molecule has 0 aliphatic carbocycles. The van der Waals surface area contributed by atoms with Gasteiger partial charge in [-0.05, 0) is 0 Å². The van der Waals surface area contributed by atoms with Crippen LogP contribution in [-0.4, -0.2) is 168 Å². The van der Waals surface area contributed by atoms with E-state index in [0.717, 1.165) is 0 Å². The van der Waals surface area contributed by atoms with Crippen molar-refractivity contribution in [2.45, 2.75) is 92.1 Å². The summed E-state index contributed by atoms with van der Waals surface area (Å²) in [5, 5.41) is 109. The third-order valence-electron chi connectivity index (χ3n) is 6.09. The average Bonchev–Trinajstić information content (AvgIpc) is 2.83. The number of rotatable bonds is 7. The summed E-state index contributed by atoms with van der Waals surface area (Å²) < 4.78 is 26.4. The summed E-state index contributed by atoms with van der Waals surface area (Å²) in [7, 11) is 0. The molecule has 0 spiro atoms. The lowest BCUT2D eigenvalue weighted by atomic mass is 9.96. The van der Waals surface area contributed by atoms with Gasteiger partial charge in [0.1, 0.15) is 73.2 Å². The van der Waals surface area contributed by atoms with Crippen LogP contribution >= 0.6 is 0 Å². The minimum Gasteiger partial charge on any atom is -0.394 e. The topological polar surface area (TPSA) is 269 Å². The number of aliphatic hydroxyl groups excluding tert-OH is 11. The van der Waals surface area contributed by atoms with Crippen molar-refractivity contribution in [1.29, 1.82) is 0 Å². The molecule has 15 atom stereocenters. The fourth-order valence-electron chi connectivity index (χ4n) is 4.05. The zero-order valence-electron chi connectivity index (χ0n) is 17.7. The number of hydrogen-bond acceptors (Lipinski definition) is 16. The van der Waals surface area contributed by atoms with Gasteiger partial charge in [0, 0.05) is 0 Å². The van der Waals surface area contributed by atoms with Crippen molar-refractivity contribution in [3.8, 4) is 0 Å². The molecule has 3 saturated heterocycles. The largest absolute Gasteiger partial charge is 0.394 e. The molecular formula is C18H32O16. The molecule has 0 saturated carbocycles. The molecule has 16 heteroatoms. The van der Waals surface area contributed by atoms with Crippen LogP contribution in [-0.2, 0) is 23.7 Å². The molecule has 0 bridgehead atoms. The van der Waals surface area contributed by atoms with Gasteiger partial charge in [-0.25, -0.2) is 0 Å². The van der Waals surface area contributed by atoms with Gasteiger partial charge < -0.3 is 79.9 Å². The van der Waals surface area contributed by atoms with Crippen molar-refractivity contribution in [1.82, 2.24) is 0 Å². The highest BCUT2D eigenvalue weighted by Crippen LogP contribution is 2.32. The smallest absolute Gasteiger partial charge is 0.187 e. The highest BCUT2D eigenvalue weighted by atomic mass is 16.7. The van der Waals surface area contributed by atoms with Crippen molar-refractivity contribution in [3.05, 3.63) is 0 Å². The summed E-state index contributed by atoms with van der Waals surface area (Å²) in [6.07, 6.45) is -25.4. The van der Waals surface area contributed by atoms with Crippen LogP contribution in [0.25, 0.3) is 0 Å². The Morgan fingerprint density at radius 1 is 0.441 bits per heavy atom. The molecule has 0 amide bonds. The summed E-state index contributed by atoms with van der Waals surface area (Å²) in [6, 6.07) is 0. The van der Waals surface area contributed by atoms with Crippen LogP contribution in [0.15, 0.2) is 0 Å².